The number of alkyl halides is 3. The Balaban J connectivity index is 1.39. The zero-order valence-corrected chi connectivity index (χ0v) is 20.0. The molecule has 4 rings (SSSR count). The van der Waals surface area contributed by atoms with Gasteiger partial charge in [-0.25, -0.2) is 0 Å². The lowest BCUT2D eigenvalue weighted by Crippen LogP contribution is -2.55. The van der Waals surface area contributed by atoms with Crippen LogP contribution in [0, 0.1) is 5.92 Å². The van der Waals surface area contributed by atoms with Crippen LogP contribution in [0.15, 0.2) is 48.5 Å². The molecule has 2 aromatic carbocycles. The largest absolute Gasteiger partial charge is 0.416 e. The van der Waals surface area contributed by atoms with Crippen LogP contribution in [0.5, 0.6) is 0 Å². The Hall–Kier alpha value is -2.54. The van der Waals surface area contributed by atoms with Gasteiger partial charge < -0.3 is 9.80 Å². The molecule has 7 heteroatoms. The number of hydrogen-bond donors (Lipinski definition) is 0. The van der Waals surface area contributed by atoms with Gasteiger partial charge in [-0.15, -0.1) is 0 Å². The number of benzene rings is 2. The number of anilines is 1. The molecule has 4 nitrogen and oxygen atoms in total. The van der Waals surface area contributed by atoms with E-state index in [0.29, 0.717) is 17.9 Å². The molecule has 1 amide bonds. The maximum Gasteiger partial charge on any atom is 0.416 e. The van der Waals surface area contributed by atoms with Crippen LogP contribution in [0.3, 0.4) is 0 Å². The maximum atomic E-state index is 13.1. The van der Waals surface area contributed by atoms with Gasteiger partial charge in [-0.3, -0.25) is 9.69 Å². The first kappa shape index (κ1) is 24.6. The van der Waals surface area contributed by atoms with Gasteiger partial charge in [-0.1, -0.05) is 24.3 Å². The highest BCUT2D eigenvalue weighted by molar-refractivity contribution is 5.77. The second-order valence-electron chi connectivity index (χ2n) is 9.45. The van der Waals surface area contributed by atoms with Crippen LogP contribution in [0.4, 0.5) is 18.9 Å². The molecule has 2 aromatic rings. The van der Waals surface area contributed by atoms with Crippen molar-refractivity contribution in [3.05, 3.63) is 65.2 Å². The van der Waals surface area contributed by atoms with E-state index in [0.717, 1.165) is 51.6 Å². The fraction of sp³-hybridized carbons (Fsp3) is 0.519. The van der Waals surface area contributed by atoms with E-state index < -0.39 is 11.7 Å². The SMILES string of the molecule is CCN(CC)c1ccc(CN2CC[C@H]3[C@H](CCC(=O)N3Cc3cccc(C(F)(F)F)c3)C2)cc1. The van der Waals surface area contributed by atoms with Gasteiger partial charge >= 0.3 is 6.18 Å². The zero-order chi connectivity index (χ0) is 24.3. The number of hydrogen-bond acceptors (Lipinski definition) is 3. The maximum absolute atomic E-state index is 13.1. The molecular weight excluding hydrogens is 439 g/mol. The van der Waals surface area contributed by atoms with Crippen molar-refractivity contribution in [2.75, 3.05) is 31.1 Å². The lowest BCUT2D eigenvalue weighted by Gasteiger charge is -2.47. The highest BCUT2D eigenvalue weighted by Crippen LogP contribution is 2.34. The second kappa shape index (κ2) is 10.4. The Bertz CT molecular complexity index is 972. The molecule has 2 fully saturated rings. The van der Waals surface area contributed by atoms with Crippen LogP contribution in [0.2, 0.25) is 0 Å². The van der Waals surface area contributed by atoms with Crippen molar-refractivity contribution < 1.29 is 18.0 Å². The highest BCUT2D eigenvalue weighted by Gasteiger charge is 2.39. The normalized spacial score (nSPS) is 21.4. The molecule has 0 aliphatic carbocycles. The van der Waals surface area contributed by atoms with Crippen LogP contribution in [-0.4, -0.2) is 47.9 Å². The molecule has 0 spiro atoms. The summed E-state index contributed by atoms with van der Waals surface area (Å²) >= 11 is 0. The van der Waals surface area contributed by atoms with E-state index in [4.69, 9.17) is 0 Å². The van der Waals surface area contributed by atoms with Crippen LogP contribution in [0.25, 0.3) is 0 Å². The third kappa shape index (κ3) is 5.57. The Morgan fingerprint density at radius 2 is 1.71 bits per heavy atom. The van der Waals surface area contributed by atoms with Gasteiger partial charge in [-0.05, 0) is 68.0 Å². The monoisotopic (exact) mass is 473 g/mol. The molecule has 0 saturated carbocycles. The molecule has 0 unspecified atom stereocenters. The number of halogens is 3. The summed E-state index contributed by atoms with van der Waals surface area (Å²) in [7, 11) is 0. The number of piperidine rings is 2. The first-order valence-corrected chi connectivity index (χ1v) is 12.3. The number of likely N-dealkylation sites (tertiary alicyclic amines) is 2. The van der Waals surface area contributed by atoms with E-state index in [1.54, 1.807) is 6.07 Å². The van der Waals surface area contributed by atoms with Gasteiger partial charge in [-0.2, -0.15) is 13.2 Å². The van der Waals surface area contributed by atoms with Crippen molar-refractivity contribution >= 4 is 11.6 Å². The number of amides is 1. The van der Waals surface area contributed by atoms with Gasteiger partial charge in [0.15, 0.2) is 0 Å². The summed E-state index contributed by atoms with van der Waals surface area (Å²) in [4.78, 5) is 19.3. The van der Waals surface area contributed by atoms with Crippen molar-refractivity contribution in [1.29, 1.82) is 0 Å². The molecule has 0 radical (unpaired) electrons. The van der Waals surface area contributed by atoms with E-state index >= 15 is 0 Å². The summed E-state index contributed by atoms with van der Waals surface area (Å²) in [6, 6.07) is 14.2. The Labute approximate surface area is 200 Å². The minimum Gasteiger partial charge on any atom is -0.372 e. The number of rotatable bonds is 7. The third-order valence-electron chi connectivity index (χ3n) is 7.31. The molecule has 2 saturated heterocycles. The molecule has 2 aliphatic heterocycles. The Morgan fingerprint density at radius 1 is 0.971 bits per heavy atom. The average Bonchev–Trinajstić information content (AvgIpc) is 2.82. The lowest BCUT2D eigenvalue weighted by molar-refractivity contribution is -0.142. The van der Waals surface area contributed by atoms with Gasteiger partial charge in [0.05, 0.1) is 5.56 Å². The molecule has 0 aromatic heterocycles. The minimum atomic E-state index is -4.38. The molecular formula is C27H34F3N3O. The summed E-state index contributed by atoms with van der Waals surface area (Å²) in [5.41, 5.74) is 2.40. The molecule has 2 atom stereocenters. The summed E-state index contributed by atoms with van der Waals surface area (Å²) in [5.74, 6) is 0.409. The standard InChI is InChI=1S/C27H34F3N3O/c1-3-32(4-2)24-11-8-20(9-12-24)17-31-15-14-25-22(19-31)10-13-26(34)33(25)18-21-6-5-7-23(16-21)27(28,29)30/h5-9,11-12,16,22,25H,3-4,10,13-15,17-19H2,1-2H3/t22-,25+/m1/s1. The van der Waals surface area contributed by atoms with Gasteiger partial charge in [0.25, 0.3) is 0 Å². The second-order valence-corrected chi connectivity index (χ2v) is 9.45. The molecule has 2 heterocycles. The third-order valence-corrected chi connectivity index (χ3v) is 7.31. The van der Waals surface area contributed by atoms with E-state index in [2.05, 4.69) is 47.9 Å². The topological polar surface area (TPSA) is 26.8 Å². The molecule has 0 bridgehead atoms. The number of nitrogens with zero attached hydrogens (tertiary/aromatic N) is 3. The lowest BCUT2D eigenvalue weighted by atomic mass is 9.83. The summed E-state index contributed by atoms with van der Waals surface area (Å²) in [6.07, 6.45) is -2.21. The van der Waals surface area contributed by atoms with Gasteiger partial charge in [0, 0.05) is 57.4 Å². The average molecular weight is 474 g/mol. The number of carbonyl (C=O) groups excluding carboxylic acids is 1. The summed E-state index contributed by atoms with van der Waals surface area (Å²) in [6.45, 7) is 9.21. The number of carbonyl (C=O) groups is 1. The first-order chi connectivity index (χ1) is 16.3. The van der Waals surface area contributed by atoms with Crippen molar-refractivity contribution in [2.24, 2.45) is 5.92 Å². The molecule has 34 heavy (non-hydrogen) atoms. The number of fused-ring (bicyclic) bond motifs is 1. The minimum absolute atomic E-state index is 0.0547. The van der Waals surface area contributed by atoms with Crippen LogP contribution < -0.4 is 4.90 Å². The van der Waals surface area contributed by atoms with E-state index in [9.17, 15) is 18.0 Å². The van der Waals surface area contributed by atoms with E-state index in [1.807, 2.05) is 4.90 Å². The molecule has 184 valence electrons. The zero-order valence-electron chi connectivity index (χ0n) is 20.0. The quantitative estimate of drug-likeness (QED) is 0.527. The summed E-state index contributed by atoms with van der Waals surface area (Å²) < 4.78 is 39.4. The van der Waals surface area contributed by atoms with Crippen molar-refractivity contribution in [3.8, 4) is 0 Å². The molecule has 0 N–H and O–H groups in total. The van der Waals surface area contributed by atoms with Crippen LogP contribution in [-0.2, 0) is 24.1 Å². The first-order valence-electron chi connectivity index (χ1n) is 12.3. The predicted octanol–water partition coefficient (Wildman–Crippen LogP) is 5.56. The fourth-order valence-electron chi connectivity index (χ4n) is 5.48. The van der Waals surface area contributed by atoms with Gasteiger partial charge in [0.1, 0.15) is 0 Å². The Morgan fingerprint density at radius 3 is 2.38 bits per heavy atom. The summed E-state index contributed by atoms with van der Waals surface area (Å²) in [5, 5.41) is 0. The van der Waals surface area contributed by atoms with Crippen LogP contribution >= 0.6 is 0 Å². The van der Waals surface area contributed by atoms with E-state index in [-0.39, 0.29) is 18.5 Å². The van der Waals surface area contributed by atoms with E-state index in [1.165, 1.54) is 23.4 Å². The van der Waals surface area contributed by atoms with Crippen molar-refractivity contribution in [1.82, 2.24) is 9.80 Å². The smallest absolute Gasteiger partial charge is 0.372 e. The molecule has 2 aliphatic rings. The predicted molar refractivity (Wildman–Crippen MR) is 128 cm³/mol. The van der Waals surface area contributed by atoms with Crippen molar-refractivity contribution in [2.45, 2.75) is 58.4 Å². The van der Waals surface area contributed by atoms with Crippen molar-refractivity contribution in [3.63, 3.8) is 0 Å². The van der Waals surface area contributed by atoms with Gasteiger partial charge in [0.2, 0.25) is 5.91 Å². The fourth-order valence-corrected chi connectivity index (χ4v) is 5.48. The Kier molecular flexibility index (Phi) is 7.51. The van der Waals surface area contributed by atoms with Crippen LogP contribution in [0.1, 0.15) is 49.8 Å². The highest BCUT2D eigenvalue weighted by atomic mass is 19.4.